The molecule has 2 aliphatic heterocycles. The van der Waals surface area contributed by atoms with E-state index in [-0.39, 0.29) is 17.5 Å². The van der Waals surface area contributed by atoms with Gasteiger partial charge in [-0.1, -0.05) is 30.3 Å². The summed E-state index contributed by atoms with van der Waals surface area (Å²) in [5.41, 5.74) is 1.31. The number of likely N-dealkylation sites (tertiary alicyclic amines) is 1. The van der Waals surface area contributed by atoms with Gasteiger partial charge in [0.25, 0.3) is 10.0 Å². The first kappa shape index (κ1) is 19.4. The van der Waals surface area contributed by atoms with Gasteiger partial charge in [0.1, 0.15) is 23.3 Å². The van der Waals surface area contributed by atoms with Crippen LogP contribution in [0.15, 0.2) is 57.8 Å². The molecule has 0 bridgehead atoms. The molecule has 29 heavy (non-hydrogen) atoms. The summed E-state index contributed by atoms with van der Waals surface area (Å²) in [6.07, 6.45) is 2.32. The van der Waals surface area contributed by atoms with Gasteiger partial charge in [0.15, 0.2) is 5.84 Å². The van der Waals surface area contributed by atoms with E-state index in [9.17, 15) is 13.2 Å². The molecule has 2 aromatic rings. The Morgan fingerprint density at radius 3 is 2.72 bits per heavy atom. The molecule has 7 nitrogen and oxygen atoms in total. The van der Waals surface area contributed by atoms with Crippen LogP contribution in [0.2, 0.25) is 0 Å². The Balaban J connectivity index is 1.56. The number of nitrogens with zero attached hydrogens (tertiary/aromatic N) is 2. The van der Waals surface area contributed by atoms with Crippen molar-refractivity contribution in [2.45, 2.75) is 36.8 Å². The summed E-state index contributed by atoms with van der Waals surface area (Å²) >= 11 is 0. The molecule has 0 amide bonds. The number of carbonyl (C=O) groups excluding carboxylic acids is 1. The molecule has 2 aromatic carbocycles. The average Bonchev–Trinajstić information content (AvgIpc) is 3.03. The van der Waals surface area contributed by atoms with Gasteiger partial charge in [-0.05, 0) is 37.5 Å². The van der Waals surface area contributed by atoms with E-state index in [1.807, 2.05) is 24.3 Å². The van der Waals surface area contributed by atoms with Gasteiger partial charge in [-0.3, -0.25) is 0 Å². The number of amidine groups is 1. The second-order valence-electron chi connectivity index (χ2n) is 7.01. The fraction of sp³-hybridized carbons (Fsp3) is 0.333. The number of fused-ring (bicyclic) bond motifs is 1. The van der Waals surface area contributed by atoms with Crippen LogP contribution < -0.4 is 4.74 Å². The Bertz CT molecular complexity index is 1060. The number of carbonyl (C=O) groups is 1. The SMILES string of the molecule is COc1ccccc1COC(=O)[C@H]1CCCCN1C1=NS(=O)(=O)c2ccccc21. The highest BCUT2D eigenvalue weighted by molar-refractivity contribution is 7.90. The van der Waals surface area contributed by atoms with E-state index in [2.05, 4.69) is 4.40 Å². The number of ether oxygens (including phenoxy) is 2. The van der Waals surface area contributed by atoms with Crippen molar-refractivity contribution in [3.63, 3.8) is 0 Å². The maximum atomic E-state index is 12.9. The van der Waals surface area contributed by atoms with Gasteiger partial charge < -0.3 is 14.4 Å². The highest BCUT2D eigenvalue weighted by atomic mass is 32.2. The lowest BCUT2D eigenvalue weighted by molar-refractivity contribution is -0.150. The van der Waals surface area contributed by atoms with Gasteiger partial charge in [0, 0.05) is 17.7 Å². The molecule has 2 aliphatic rings. The molecule has 152 valence electrons. The summed E-state index contributed by atoms with van der Waals surface area (Å²) in [4.78, 5) is 14.9. The molecule has 0 radical (unpaired) electrons. The number of hydrogen-bond acceptors (Lipinski definition) is 6. The van der Waals surface area contributed by atoms with Crippen LogP contribution in [0.25, 0.3) is 0 Å². The lowest BCUT2D eigenvalue weighted by Crippen LogP contribution is -2.48. The molecule has 0 saturated carbocycles. The van der Waals surface area contributed by atoms with Crippen molar-refractivity contribution in [1.82, 2.24) is 4.90 Å². The molecule has 1 atom stereocenters. The average molecular weight is 414 g/mol. The standard InChI is InChI=1S/C21H22N2O5S/c1-27-18-11-4-2-8-15(18)14-28-21(24)17-10-6-7-13-23(17)20-16-9-3-5-12-19(16)29(25,26)22-20/h2-5,8-9,11-12,17H,6-7,10,13-14H2,1H3/t17-/m1/s1. The number of esters is 1. The molecule has 1 fully saturated rings. The van der Waals surface area contributed by atoms with E-state index in [4.69, 9.17) is 9.47 Å². The van der Waals surface area contributed by atoms with E-state index in [0.29, 0.717) is 30.1 Å². The van der Waals surface area contributed by atoms with Crippen LogP contribution in [0.1, 0.15) is 30.4 Å². The van der Waals surface area contributed by atoms with Crippen molar-refractivity contribution in [2.75, 3.05) is 13.7 Å². The molecule has 2 heterocycles. The third-order valence-corrected chi connectivity index (χ3v) is 6.55. The molecule has 0 N–H and O–H groups in total. The van der Waals surface area contributed by atoms with Crippen molar-refractivity contribution >= 4 is 21.8 Å². The van der Waals surface area contributed by atoms with E-state index >= 15 is 0 Å². The van der Waals surface area contributed by atoms with Crippen molar-refractivity contribution in [2.24, 2.45) is 4.40 Å². The lowest BCUT2D eigenvalue weighted by Gasteiger charge is -2.35. The number of rotatable bonds is 4. The Labute approximate surface area is 170 Å². The maximum Gasteiger partial charge on any atom is 0.329 e. The minimum atomic E-state index is -3.74. The van der Waals surface area contributed by atoms with Gasteiger partial charge >= 0.3 is 5.97 Å². The molecular formula is C21H22N2O5S. The molecule has 1 saturated heterocycles. The Hall–Kier alpha value is -2.87. The predicted octanol–water partition coefficient (Wildman–Crippen LogP) is 2.74. The zero-order valence-electron chi connectivity index (χ0n) is 16.1. The van der Waals surface area contributed by atoms with Crippen LogP contribution in [0.4, 0.5) is 0 Å². The van der Waals surface area contributed by atoms with Crippen LogP contribution in [0.5, 0.6) is 5.75 Å². The van der Waals surface area contributed by atoms with Crippen LogP contribution in [-0.2, 0) is 26.2 Å². The second-order valence-corrected chi connectivity index (χ2v) is 8.58. The van der Waals surface area contributed by atoms with E-state index < -0.39 is 16.1 Å². The summed E-state index contributed by atoms with van der Waals surface area (Å²) in [7, 11) is -2.17. The summed E-state index contributed by atoms with van der Waals surface area (Å²) in [6, 6.07) is 13.5. The highest BCUT2D eigenvalue weighted by Crippen LogP contribution is 2.31. The largest absolute Gasteiger partial charge is 0.496 e. The third kappa shape index (κ3) is 3.72. The number of para-hydroxylation sites is 1. The van der Waals surface area contributed by atoms with Crippen LogP contribution in [0.3, 0.4) is 0 Å². The first-order valence-electron chi connectivity index (χ1n) is 9.51. The van der Waals surface area contributed by atoms with Crippen molar-refractivity contribution in [3.05, 3.63) is 59.7 Å². The lowest BCUT2D eigenvalue weighted by atomic mass is 10.0. The summed E-state index contributed by atoms with van der Waals surface area (Å²) < 4.78 is 39.7. The Morgan fingerprint density at radius 1 is 1.14 bits per heavy atom. The van der Waals surface area contributed by atoms with E-state index in [1.165, 1.54) is 0 Å². The minimum Gasteiger partial charge on any atom is -0.496 e. The van der Waals surface area contributed by atoms with E-state index in [0.717, 1.165) is 18.4 Å². The number of hydrogen-bond donors (Lipinski definition) is 0. The number of piperidine rings is 1. The van der Waals surface area contributed by atoms with E-state index in [1.54, 1.807) is 36.3 Å². The van der Waals surface area contributed by atoms with Gasteiger partial charge in [-0.25, -0.2) is 4.79 Å². The minimum absolute atomic E-state index is 0.0918. The van der Waals surface area contributed by atoms with Gasteiger partial charge in [0.2, 0.25) is 0 Å². The molecular weight excluding hydrogens is 392 g/mol. The van der Waals surface area contributed by atoms with Crippen LogP contribution in [-0.4, -0.2) is 44.8 Å². The topological polar surface area (TPSA) is 85.3 Å². The fourth-order valence-electron chi connectivity index (χ4n) is 3.79. The number of sulfonamides is 1. The smallest absolute Gasteiger partial charge is 0.329 e. The molecule has 8 heteroatoms. The quantitative estimate of drug-likeness (QED) is 0.715. The molecule has 0 unspecified atom stereocenters. The van der Waals surface area contributed by atoms with Crippen molar-refractivity contribution in [3.8, 4) is 5.75 Å². The van der Waals surface area contributed by atoms with Crippen molar-refractivity contribution in [1.29, 1.82) is 0 Å². The second kappa shape index (κ2) is 7.87. The first-order valence-corrected chi connectivity index (χ1v) is 10.9. The Kier molecular flexibility index (Phi) is 5.27. The third-order valence-electron chi connectivity index (χ3n) is 5.22. The molecule has 4 rings (SSSR count). The Morgan fingerprint density at radius 2 is 1.90 bits per heavy atom. The fourth-order valence-corrected chi connectivity index (χ4v) is 5.01. The molecule has 0 spiro atoms. The summed E-state index contributed by atoms with van der Waals surface area (Å²) in [5, 5.41) is 0. The van der Waals surface area contributed by atoms with Gasteiger partial charge in [-0.15, -0.1) is 4.40 Å². The van der Waals surface area contributed by atoms with Crippen molar-refractivity contribution < 1.29 is 22.7 Å². The monoisotopic (exact) mass is 414 g/mol. The maximum absolute atomic E-state index is 12.9. The summed E-state index contributed by atoms with van der Waals surface area (Å²) in [5.74, 6) is 0.598. The van der Waals surface area contributed by atoms with Gasteiger partial charge in [-0.2, -0.15) is 8.42 Å². The zero-order chi connectivity index (χ0) is 20.4. The zero-order valence-corrected chi connectivity index (χ0v) is 16.9. The molecule has 0 aromatic heterocycles. The van der Waals surface area contributed by atoms with Crippen LogP contribution in [0, 0.1) is 0 Å². The molecule has 0 aliphatic carbocycles. The normalized spacial score (nSPS) is 20.0. The number of methoxy groups -OCH3 is 1. The summed E-state index contributed by atoms with van der Waals surface area (Å²) in [6.45, 7) is 0.645. The highest BCUT2D eigenvalue weighted by Gasteiger charge is 2.38. The predicted molar refractivity (Wildman–Crippen MR) is 107 cm³/mol. The van der Waals surface area contributed by atoms with Crippen LogP contribution >= 0.6 is 0 Å². The van der Waals surface area contributed by atoms with Gasteiger partial charge in [0.05, 0.1) is 7.11 Å². The number of benzene rings is 2. The first-order chi connectivity index (χ1) is 14.0.